The molecule has 0 amide bonds. The van der Waals surface area contributed by atoms with E-state index in [0.29, 0.717) is 12.5 Å². The summed E-state index contributed by atoms with van der Waals surface area (Å²) >= 11 is 0. The Balaban J connectivity index is 3.63. The van der Waals surface area contributed by atoms with Gasteiger partial charge >= 0.3 is 5.97 Å². The van der Waals surface area contributed by atoms with Crippen LogP contribution >= 0.6 is 0 Å². The second kappa shape index (κ2) is 4.25. The van der Waals surface area contributed by atoms with Crippen molar-refractivity contribution in [3.05, 3.63) is 12.3 Å². The Morgan fingerprint density at radius 2 is 2.30 bits per heavy atom. The molecule has 0 spiro atoms. The number of allylic oxidation sites excluding steroid dienone is 1. The normalized spacial score (nSPS) is 9.20. The molecule has 0 heterocycles. The lowest BCUT2D eigenvalue weighted by Gasteiger charge is -1.90. The fourth-order valence-corrected chi connectivity index (χ4v) is 0.197. The highest BCUT2D eigenvalue weighted by molar-refractivity contribution is 6.21. The van der Waals surface area contributed by atoms with E-state index in [0.717, 1.165) is 0 Å². The third-order valence-electron chi connectivity index (χ3n) is 0.525. The molecule has 0 saturated heterocycles. The molecule has 5 nitrogen and oxygen atoms in total. The Kier molecular flexibility index (Phi) is 3.55. The molecule has 0 aromatic heterocycles. The van der Waals surface area contributed by atoms with E-state index < -0.39 is 5.97 Å². The van der Waals surface area contributed by atoms with Crippen LogP contribution in [0.5, 0.6) is 0 Å². The summed E-state index contributed by atoms with van der Waals surface area (Å²) < 4.78 is 0. The van der Waals surface area contributed by atoms with Crippen molar-refractivity contribution in [2.75, 3.05) is 0 Å². The monoisotopic (exact) mass is 142 g/mol. The molecule has 0 bridgehead atoms. The SMILES string of the molecule is C=C(C=O)NN=CC(=O)O. The number of carboxylic acid groups (broad SMARTS) is 1. The van der Waals surface area contributed by atoms with Gasteiger partial charge in [0, 0.05) is 0 Å². The minimum absolute atomic E-state index is 0.0116. The Bertz CT molecular complexity index is 185. The Morgan fingerprint density at radius 1 is 1.70 bits per heavy atom. The van der Waals surface area contributed by atoms with Crippen LogP contribution in [-0.2, 0) is 9.59 Å². The van der Waals surface area contributed by atoms with E-state index in [-0.39, 0.29) is 5.70 Å². The highest BCUT2D eigenvalue weighted by Crippen LogP contribution is 1.72. The van der Waals surface area contributed by atoms with Crippen LogP contribution in [-0.4, -0.2) is 23.6 Å². The molecule has 0 atom stereocenters. The van der Waals surface area contributed by atoms with Crippen molar-refractivity contribution >= 4 is 18.5 Å². The lowest BCUT2D eigenvalue weighted by molar-refractivity contribution is -0.128. The van der Waals surface area contributed by atoms with Crippen LogP contribution in [0.3, 0.4) is 0 Å². The molecule has 0 aliphatic rings. The molecule has 0 aliphatic carbocycles. The van der Waals surface area contributed by atoms with E-state index in [1.165, 1.54) is 0 Å². The van der Waals surface area contributed by atoms with Gasteiger partial charge in [0.05, 0.1) is 5.70 Å². The Labute approximate surface area is 57.0 Å². The largest absolute Gasteiger partial charge is 0.477 e. The van der Waals surface area contributed by atoms with Crippen molar-refractivity contribution in [3.63, 3.8) is 0 Å². The quantitative estimate of drug-likeness (QED) is 0.237. The molecule has 0 saturated carbocycles. The van der Waals surface area contributed by atoms with Crippen molar-refractivity contribution in [1.29, 1.82) is 0 Å². The van der Waals surface area contributed by atoms with Crippen molar-refractivity contribution in [3.8, 4) is 0 Å². The molecule has 0 fully saturated rings. The van der Waals surface area contributed by atoms with Gasteiger partial charge in [-0.05, 0) is 0 Å². The standard InChI is InChI=1S/C5H6N2O3/c1-4(3-8)7-6-2-5(9)10/h2-3,7H,1H2,(H,9,10). The molecule has 0 aliphatic heterocycles. The summed E-state index contributed by atoms with van der Waals surface area (Å²) in [6, 6.07) is 0. The highest BCUT2D eigenvalue weighted by atomic mass is 16.4. The topological polar surface area (TPSA) is 78.8 Å². The first-order chi connectivity index (χ1) is 4.66. The lowest BCUT2D eigenvalue weighted by atomic mass is 10.6. The number of hydrogen-bond acceptors (Lipinski definition) is 4. The van der Waals surface area contributed by atoms with E-state index >= 15 is 0 Å². The van der Waals surface area contributed by atoms with Gasteiger partial charge in [0.25, 0.3) is 0 Å². The molecule has 54 valence electrons. The molecule has 0 unspecified atom stereocenters. The highest BCUT2D eigenvalue weighted by Gasteiger charge is 1.86. The first kappa shape index (κ1) is 8.35. The second-order valence-electron chi connectivity index (χ2n) is 1.35. The van der Waals surface area contributed by atoms with Gasteiger partial charge in [0.15, 0.2) is 6.29 Å². The van der Waals surface area contributed by atoms with Gasteiger partial charge in [-0.3, -0.25) is 10.2 Å². The molecule has 0 radical (unpaired) electrons. The predicted molar refractivity (Wildman–Crippen MR) is 34.5 cm³/mol. The summed E-state index contributed by atoms with van der Waals surface area (Å²) in [6.07, 6.45) is 1.05. The van der Waals surface area contributed by atoms with E-state index in [1.54, 1.807) is 0 Å². The number of hydrogen-bond donors (Lipinski definition) is 2. The van der Waals surface area contributed by atoms with E-state index in [2.05, 4.69) is 17.1 Å². The molecule has 5 heteroatoms. The van der Waals surface area contributed by atoms with Crippen LogP contribution in [0.4, 0.5) is 0 Å². The maximum absolute atomic E-state index is 9.80. The number of nitrogens with one attached hydrogen (secondary N) is 1. The van der Waals surface area contributed by atoms with Gasteiger partial charge in [-0.2, -0.15) is 5.10 Å². The zero-order valence-electron chi connectivity index (χ0n) is 5.07. The van der Waals surface area contributed by atoms with Crippen molar-refractivity contribution in [2.45, 2.75) is 0 Å². The van der Waals surface area contributed by atoms with Crippen LogP contribution in [0.15, 0.2) is 17.4 Å². The zero-order valence-corrected chi connectivity index (χ0v) is 5.07. The van der Waals surface area contributed by atoms with Crippen molar-refractivity contribution in [2.24, 2.45) is 5.10 Å². The van der Waals surface area contributed by atoms with Gasteiger partial charge in [0.1, 0.15) is 6.21 Å². The third-order valence-corrected chi connectivity index (χ3v) is 0.525. The number of carboxylic acids is 1. The van der Waals surface area contributed by atoms with E-state index in [4.69, 9.17) is 5.11 Å². The maximum atomic E-state index is 9.80. The second-order valence-corrected chi connectivity index (χ2v) is 1.35. The minimum atomic E-state index is -1.19. The number of rotatable bonds is 4. The molecule has 0 rings (SSSR count). The fourth-order valence-electron chi connectivity index (χ4n) is 0.197. The van der Waals surface area contributed by atoms with Crippen molar-refractivity contribution < 1.29 is 14.7 Å². The lowest BCUT2D eigenvalue weighted by Crippen LogP contribution is -2.07. The van der Waals surface area contributed by atoms with Crippen LogP contribution in [0.25, 0.3) is 0 Å². The molecular formula is C5H6N2O3. The third kappa shape index (κ3) is 4.51. The molecular weight excluding hydrogens is 136 g/mol. The number of carbonyl (C=O) groups is 2. The summed E-state index contributed by atoms with van der Waals surface area (Å²) in [7, 11) is 0. The smallest absolute Gasteiger partial charge is 0.348 e. The number of carbonyl (C=O) groups excluding carboxylic acids is 1. The van der Waals surface area contributed by atoms with Crippen LogP contribution in [0.1, 0.15) is 0 Å². The number of aldehydes is 1. The summed E-state index contributed by atoms with van der Waals surface area (Å²) in [4.78, 5) is 19.6. The average Bonchev–Trinajstić information content (AvgIpc) is 1.87. The van der Waals surface area contributed by atoms with Gasteiger partial charge in [-0.1, -0.05) is 6.58 Å². The predicted octanol–water partition coefficient (Wildman–Crippen LogP) is -0.641. The number of hydrazone groups is 1. The summed E-state index contributed by atoms with van der Waals surface area (Å²) in [6.45, 7) is 3.18. The summed E-state index contributed by atoms with van der Waals surface area (Å²) in [5, 5.41) is 11.1. The van der Waals surface area contributed by atoms with Crippen LogP contribution in [0.2, 0.25) is 0 Å². The van der Waals surface area contributed by atoms with Crippen LogP contribution < -0.4 is 5.43 Å². The number of nitrogens with zero attached hydrogens (tertiary/aromatic N) is 1. The van der Waals surface area contributed by atoms with Gasteiger partial charge in [-0.25, -0.2) is 4.79 Å². The number of aliphatic carboxylic acids is 1. The Morgan fingerprint density at radius 3 is 2.70 bits per heavy atom. The van der Waals surface area contributed by atoms with Crippen molar-refractivity contribution in [1.82, 2.24) is 5.43 Å². The molecule has 0 aromatic carbocycles. The molecule has 0 aromatic rings. The minimum Gasteiger partial charge on any atom is -0.477 e. The van der Waals surface area contributed by atoms with E-state index in [9.17, 15) is 9.59 Å². The zero-order chi connectivity index (χ0) is 7.98. The van der Waals surface area contributed by atoms with Crippen LogP contribution in [0, 0.1) is 0 Å². The fraction of sp³-hybridized carbons (Fsp3) is 0. The Hall–Kier alpha value is -1.65. The summed E-state index contributed by atoms with van der Waals surface area (Å²) in [5.41, 5.74) is 2.10. The maximum Gasteiger partial charge on any atom is 0.348 e. The van der Waals surface area contributed by atoms with Gasteiger partial charge < -0.3 is 5.11 Å². The first-order valence-corrected chi connectivity index (χ1v) is 2.33. The average molecular weight is 142 g/mol. The molecule has 2 N–H and O–H groups in total. The van der Waals surface area contributed by atoms with Gasteiger partial charge in [0.2, 0.25) is 0 Å². The van der Waals surface area contributed by atoms with E-state index in [1.807, 2.05) is 0 Å². The first-order valence-electron chi connectivity index (χ1n) is 2.33. The summed E-state index contributed by atoms with van der Waals surface area (Å²) in [5.74, 6) is -1.19. The van der Waals surface area contributed by atoms with Gasteiger partial charge in [-0.15, -0.1) is 0 Å². The molecule has 10 heavy (non-hydrogen) atoms.